The van der Waals surface area contributed by atoms with Gasteiger partial charge in [0, 0.05) is 12.6 Å². The average Bonchev–Trinajstić information content (AvgIpc) is 2.55. The minimum Gasteiger partial charge on any atom is -0.497 e. The lowest BCUT2D eigenvalue weighted by Crippen LogP contribution is -2.44. The molecule has 1 fully saturated rings. The minimum absolute atomic E-state index is 0.609. The number of ether oxygens (including phenoxy) is 1. The number of piperidine rings is 1. The molecule has 0 aliphatic carbocycles. The van der Waals surface area contributed by atoms with Crippen molar-refractivity contribution in [2.45, 2.75) is 39.2 Å². The van der Waals surface area contributed by atoms with Gasteiger partial charge in [-0.05, 0) is 69.4 Å². The predicted octanol–water partition coefficient (Wildman–Crippen LogP) is 2.95. The van der Waals surface area contributed by atoms with Crippen molar-refractivity contribution in [2.75, 3.05) is 33.3 Å². The fraction of sp³-hybridized carbons (Fsp3) is 0.667. The zero-order valence-corrected chi connectivity index (χ0v) is 13.8. The molecule has 0 aromatic heterocycles. The molecule has 1 aromatic rings. The normalized spacial score (nSPS) is 21.2. The van der Waals surface area contributed by atoms with E-state index in [1.54, 1.807) is 7.11 Å². The Bertz CT molecular complexity index is 404. The van der Waals surface area contributed by atoms with Crippen LogP contribution in [0.2, 0.25) is 0 Å². The van der Waals surface area contributed by atoms with Crippen molar-refractivity contribution in [1.82, 2.24) is 10.2 Å². The summed E-state index contributed by atoms with van der Waals surface area (Å²) in [7, 11) is 1.71. The summed E-state index contributed by atoms with van der Waals surface area (Å²) < 4.78 is 5.19. The summed E-state index contributed by atoms with van der Waals surface area (Å²) >= 11 is 0. The topological polar surface area (TPSA) is 24.5 Å². The van der Waals surface area contributed by atoms with Gasteiger partial charge in [-0.25, -0.2) is 0 Å². The van der Waals surface area contributed by atoms with Gasteiger partial charge in [-0.3, -0.25) is 0 Å². The highest BCUT2D eigenvalue weighted by Gasteiger charge is 2.23. The van der Waals surface area contributed by atoms with E-state index in [0.29, 0.717) is 6.04 Å². The summed E-state index contributed by atoms with van der Waals surface area (Å²) in [5, 5.41) is 3.72. The molecule has 0 bridgehead atoms. The molecule has 0 spiro atoms. The van der Waals surface area contributed by atoms with Crippen molar-refractivity contribution >= 4 is 0 Å². The molecule has 1 heterocycles. The highest BCUT2D eigenvalue weighted by Crippen LogP contribution is 2.19. The largest absolute Gasteiger partial charge is 0.497 e. The second kappa shape index (κ2) is 8.40. The lowest BCUT2D eigenvalue weighted by Gasteiger charge is -2.35. The Morgan fingerprint density at radius 2 is 2.10 bits per heavy atom. The highest BCUT2D eigenvalue weighted by atomic mass is 16.5. The third kappa shape index (κ3) is 5.01. The molecule has 3 nitrogen and oxygen atoms in total. The van der Waals surface area contributed by atoms with Crippen LogP contribution in [-0.2, 0) is 6.42 Å². The molecule has 3 heteroatoms. The SMILES string of the molecule is CCN1CCCC(C(C)NCCc2ccc(OC)cc2)C1. The maximum absolute atomic E-state index is 5.19. The van der Waals surface area contributed by atoms with Gasteiger partial charge in [-0.1, -0.05) is 19.1 Å². The van der Waals surface area contributed by atoms with E-state index in [1.165, 1.54) is 38.0 Å². The number of rotatable bonds is 7. The first-order valence-corrected chi connectivity index (χ1v) is 8.31. The summed E-state index contributed by atoms with van der Waals surface area (Å²) in [5.74, 6) is 1.73. The molecule has 0 saturated carbocycles. The monoisotopic (exact) mass is 290 g/mol. The van der Waals surface area contributed by atoms with Gasteiger partial charge in [0.05, 0.1) is 7.11 Å². The third-order valence-corrected chi connectivity index (χ3v) is 4.74. The number of hydrogen-bond donors (Lipinski definition) is 1. The summed E-state index contributed by atoms with van der Waals surface area (Å²) in [4.78, 5) is 2.58. The Morgan fingerprint density at radius 3 is 2.76 bits per heavy atom. The predicted molar refractivity (Wildman–Crippen MR) is 89.0 cm³/mol. The van der Waals surface area contributed by atoms with Gasteiger partial charge >= 0.3 is 0 Å². The summed E-state index contributed by atoms with van der Waals surface area (Å²) in [6.45, 7) is 9.39. The van der Waals surface area contributed by atoms with Crippen molar-refractivity contribution in [3.05, 3.63) is 29.8 Å². The molecule has 0 radical (unpaired) electrons. The van der Waals surface area contributed by atoms with Crippen LogP contribution >= 0.6 is 0 Å². The Morgan fingerprint density at radius 1 is 1.33 bits per heavy atom. The van der Waals surface area contributed by atoms with E-state index in [2.05, 4.69) is 36.2 Å². The molecule has 0 amide bonds. The average molecular weight is 290 g/mol. The van der Waals surface area contributed by atoms with E-state index >= 15 is 0 Å². The molecule has 1 aliphatic rings. The number of likely N-dealkylation sites (tertiary alicyclic amines) is 1. The molecule has 2 atom stereocenters. The van der Waals surface area contributed by atoms with Crippen LogP contribution in [0.15, 0.2) is 24.3 Å². The smallest absolute Gasteiger partial charge is 0.118 e. The second-order valence-electron chi connectivity index (χ2n) is 6.14. The second-order valence-corrected chi connectivity index (χ2v) is 6.14. The van der Waals surface area contributed by atoms with E-state index in [0.717, 1.165) is 24.6 Å². The van der Waals surface area contributed by atoms with E-state index < -0.39 is 0 Å². The fourth-order valence-electron chi connectivity index (χ4n) is 3.19. The van der Waals surface area contributed by atoms with Gasteiger partial charge in [0.25, 0.3) is 0 Å². The molecule has 2 rings (SSSR count). The van der Waals surface area contributed by atoms with E-state index in [-0.39, 0.29) is 0 Å². The number of nitrogens with one attached hydrogen (secondary N) is 1. The standard InChI is InChI=1S/C18H30N2O/c1-4-20-13-5-6-17(14-20)15(2)19-12-11-16-7-9-18(21-3)10-8-16/h7-10,15,17,19H,4-6,11-14H2,1-3H3. The quantitative estimate of drug-likeness (QED) is 0.835. The van der Waals surface area contributed by atoms with Crippen molar-refractivity contribution in [1.29, 1.82) is 0 Å². The van der Waals surface area contributed by atoms with Crippen LogP contribution in [0.4, 0.5) is 0 Å². The lowest BCUT2D eigenvalue weighted by atomic mass is 9.91. The number of methoxy groups -OCH3 is 1. The number of nitrogens with zero attached hydrogens (tertiary/aromatic N) is 1. The molecule has 118 valence electrons. The van der Waals surface area contributed by atoms with Gasteiger partial charge < -0.3 is 15.0 Å². The maximum Gasteiger partial charge on any atom is 0.118 e. The zero-order chi connectivity index (χ0) is 15.1. The minimum atomic E-state index is 0.609. The third-order valence-electron chi connectivity index (χ3n) is 4.74. The lowest BCUT2D eigenvalue weighted by molar-refractivity contribution is 0.157. The van der Waals surface area contributed by atoms with Gasteiger partial charge in [0.15, 0.2) is 0 Å². The number of benzene rings is 1. The van der Waals surface area contributed by atoms with Crippen molar-refractivity contribution in [3.8, 4) is 5.75 Å². The van der Waals surface area contributed by atoms with E-state index in [4.69, 9.17) is 4.74 Å². The molecular formula is C18H30N2O. The van der Waals surface area contributed by atoms with Crippen LogP contribution in [0.25, 0.3) is 0 Å². The molecule has 1 N–H and O–H groups in total. The first kappa shape index (κ1) is 16.3. The summed E-state index contributed by atoms with van der Waals surface area (Å²) in [6.07, 6.45) is 3.80. The Balaban J connectivity index is 1.71. The summed E-state index contributed by atoms with van der Waals surface area (Å²) in [5.41, 5.74) is 1.37. The van der Waals surface area contributed by atoms with Crippen molar-refractivity contribution < 1.29 is 4.74 Å². The van der Waals surface area contributed by atoms with Crippen LogP contribution in [0.5, 0.6) is 5.75 Å². The molecule has 1 saturated heterocycles. The van der Waals surface area contributed by atoms with E-state index in [9.17, 15) is 0 Å². The van der Waals surface area contributed by atoms with Crippen LogP contribution < -0.4 is 10.1 Å². The number of hydrogen-bond acceptors (Lipinski definition) is 3. The Labute approximate surface area is 129 Å². The zero-order valence-electron chi connectivity index (χ0n) is 13.8. The van der Waals surface area contributed by atoms with Gasteiger partial charge in [-0.15, -0.1) is 0 Å². The van der Waals surface area contributed by atoms with Gasteiger partial charge in [-0.2, -0.15) is 0 Å². The molecule has 2 unspecified atom stereocenters. The Hall–Kier alpha value is -1.06. The molecule has 1 aromatic carbocycles. The highest BCUT2D eigenvalue weighted by molar-refractivity contribution is 5.27. The van der Waals surface area contributed by atoms with Gasteiger partial charge in [0.2, 0.25) is 0 Å². The van der Waals surface area contributed by atoms with E-state index in [1.807, 2.05) is 12.1 Å². The van der Waals surface area contributed by atoms with Crippen LogP contribution in [0.1, 0.15) is 32.3 Å². The van der Waals surface area contributed by atoms with Crippen LogP contribution in [0, 0.1) is 5.92 Å². The maximum atomic E-state index is 5.19. The first-order chi connectivity index (χ1) is 10.2. The van der Waals surface area contributed by atoms with Crippen LogP contribution in [0.3, 0.4) is 0 Å². The first-order valence-electron chi connectivity index (χ1n) is 8.31. The molecule has 21 heavy (non-hydrogen) atoms. The fourth-order valence-corrected chi connectivity index (χ4v) is 3.19. The van der Waals surface area contributed by atoms with Crippen molar-refractivity contribution in [2.24, 2.45) is 5.92 Å². The molecular weight excluding hydrogens is 260 g/mol. The van der Waals surface area contributed by atoms with Crippen molar-refractivity contribution in [3.63, 3.8) is 0 Å². The van der Waals surface area contributed by atoms with Crippen LogP contribution in [-0.4, -0.2) is 44.2 Å². The summed E-state index contributed by atoms with van der Waals surface area (Å²) in [6, 6.07) is 9.00. The molecule has 1 aliphatic heterocycles. The van der Waals surface area contributed by atoms with Gasteiger partial charge in [0.1, 0.15) is 5.75 Å². The Kier molecular flexibility index (Phi) is 6.52.